The van der Waals surface area contributed by atoms with Crippen molar-refractivity contribution in [2.24, 2.45) is 16.7 Å². The first kappa shape index (κ1) is 61.6. The lowest BCUT2D eigenvalue weighted by Gasteiger charge is -2.43. The van der Waals surface area contributed by atoms with Gasteiger partial charge in [0.25, 0.3) is 5.91 Å². The summed E-state index contributed by atoms with van der Waals surface area (Å²) in [7, 11) is 1.69. The van der Waals surface area contributed by atoms with Crippen LogP contribution in [0.2, 0.25) is 0 Å². The quantitative estimate of drug-likeness (QED) is 0.0628. The number of aryl methyl sites for hydroxylation is 2. The molecule has 14 nitrogen and oxygen atoms in total. The molecule has 0 unspecified atom stereocenters. The van der Waals surface area contributed by atoms with Gasteiger partial charge in [0.05, 0.1) is 18.1 Å². The second-order valence-electron chi connectivity index (χ2n) is 25.7. The number of benzene rings is 5. The van der Waals surface area contributed by atoms with Gasteiger partial charge in [-0.25, -0.2) is 0 Å². The highest BCUT2D eigenvalue weighted by Crippen LogP contribution is 2.34. The zero-order valence-corrected chi connectivity index (χ0v) is 50.9. The Bertz CT molecular complexity index is 3230. The molecule has 4 N–H and O–H groups in total. The number of carbonyl (C=O) groups is 7. The molecule has 5 aromatic carbocycles. The van der Waals surface area contributed by atoms with Gasteiger partial charge in [0.1, 0.15) is 18.1 Å². The summed E-state index contributed by atoms with van der Waals surface area (Å²) in [5, 5.41) is 12.4. The maximum absolute atomic E-state index is 15.1. The van der Waals surface area contributed by atoms with Crippen LogP contribution in [0.5, 0.6) is 0 Å². The number of fused-ring (bicyclic) bond motifs is 3. The molecule has 3 aliphatic rings. The van der Waals surface area contributed by atoms with E-state index < -0.39 is 41.0 Å². The summed E-state index contributed by atoms with van der Waals surface area (Å²) in [6.07, 6.45) is 4.09. The van der Waals surface area contributed by atoms with Crippen LogP contribution < -0.4 is 21.3 Å². The third-order valence-electron chi connectivity index (χ3n) is 17.6. The zero-order chi connectivity index (χ0) is 60.1. The van der Waals surface area contributed by atoms with Gasteiger partial charge < -0.3 is 36.0 Å². The molecule has 0 saturated heterocycles. The summed E-state index contributed by atoms with van der Waals surface area (Å²) < 4.78 is 0. The first-order valence-electron chi connectivity index (χ1n) is 29.8. The number of hydrogen-bond acceptors (Lipinski definition) is 8. The van der Waals surface area contributed by atoms with Gasteiger partial charge in [0.2, 0.25) is 29.5 Å². The summed E-state index contributed by atoms with van der Waals surface area (Å²) >= 11 is 0. The van der Waals surface area contributed by atoms with Crippen LogP contribution in [0.3, 0.4) is 0 Å². The van der Waals surface area contributed by atoms with Crippen molar-refractivity contribution in [2.45, 2.75) is 177 Å². The number of nitrogens with one attached hydrogen (secondary N) is 4. The molecule has 2 heterocycles. The van der Waals surface area contributed by atoms with E-state index in [1.54, 1.807) is 43.1 Å². The molecule has 7 atom stereocenters. The predicted octanol–water partition coefficient (Wildman–Crippen LogP) is 9.49. The lowest BCUT2D eigenvalue weighted by atomic mass is 9.83. The number of ketones is 1. The molecule has 2 aliphatic heterocycles. The van der Waals surface area contributed by atoms with Crippen LogP contribution in [0, 0.1) is 30.6 Å². The summed E-state index contributed by atoms with van der Waals surface area (Å²) in [4.78, 5) is 106. The van der Waals surface area contributed by atoms with Crippen molar-refractivity contribution in [3.8, 4) is 0 Å². The fourth-order valence-corrected chi connectivity index (χ4v) is 11.8. The number of carbonyl (C=O) groups excluding carboxylic acids is 7. The highest BCUT2D eigenvalue weighted by Gasteiger charge is 2.44. The second-order valence-corrected chi connectivity index (χ2v) is 25.7. The fraction of sp³-hybridized carbons (Fsp3) is 0.464. The minimum Gasteiger partial charge on any atom is -0.347 e. The normalized spacial score (nSPS) is 18.2. The fourth-order valence-electron chi connectivity index (χ4n) is 11.8. The molecular weight excluding hydrogens is 1040 g/mol. The molecule has 0 fully saturated rings. The molecule has 0 bridgehead atoms. The molecule has 0 spiro atoms. The van der Waals surface area contributed by atoms with E-state index in [-0.39, 0.29) is 85.7 Å². The Labute approximate surface area is 491 Å². The van der Waals surface area contributed by atoms with E-state index in [2.05, 4.69) is 46.4 Å². The number of amides is 6. The monoisotopic (exact) mass is 1130 g/mol. The van der Waals surface area contributed by atoms with Crippen molar-refractivity contribution in [3.63, 3.8) is 0 Å². The van der Waals surface area contributed by atoms with Crippen LogP contribution >= 0.6 is 0 Å². The maximum atomic E-state index is 15.1. The first-order valence-corrected chi connectivity index (χ1v) is 29.8. The van der Waals surface area contributed by atoms with Gasteiger partial charge in [0.15, 0.2) is 5.78 Å². The van der Waals surface area contributed by atoms with Crippen LogP contribution in [0.15, 0.2) is 109 Å². The molecular formula is C69H87N7O7. The summed E-state index contributed by atoms with van der Waals surface area (Å²) in [5.74, 6) is -1.98. The molecule has 6 amide bonds. The highest BCUT2D eigenvalue weighted by atomic mass is 16.2. The minimum absolute atomic E-state index is 0.0429. The van der Waals surface area contributed by atoms with Crippen molar-refractivity contribution in [1.29, 1.82) is 0 Å². The lowest BCUT2D eigenvalue weighted by Crippen LogP contribution is -2.62. The zero-order valence-electron chi connectivity index (χ0n) is 50.9. The summed E-state index contributed by atoms with van der Waals surface area (Å²) in [6, 6.07) is 31.1. The molecule has 1 aliphatic carbocycles. The topological polar surface area (TPSA) is 177 Å². The Kier molecular flexibility index (Phi) is 19.3. The summed E-state index contributed by atoms with van der Waals surface area (Å²) in [6.45, 7) is 22.2. The van der Waals surface area contributed by atoms with Crippen LogP contribution in [-0.4, -0.2) is 99.7 Å². The standard InChI is InChI=1S/C69H87N7O7/c1-13-42(2)62(78)72-60(68(6,7)8)66(82)75-39-53-23-15-14-22-50(53)36-55(75)41-74(38-52-25-18-20-43(3)44(52)4)65(81)49-32-30-48(31-33-49)59(77)35-46-28-29-51-37-58(64(80)71-57-27-19-24-47-21-16-17-26-56(47)57)76(40-54(51)34-46)67(83)61(69(9,10)11)73-63(79)45(5)70-12/h14-18,20-23,25-26,28-34,42,45,55,57-58,60-61,70H,13,19,24,27,35-41H2,1-12H3,(H,71,80)(H,72,78)(H,73,79)/t42-,45+,55+,57-,58+,60-,61-/m1/s1. The molecule has 14 heteroatoms. The average Bonchev–Trinajstić information content (AvgIpc) is 3.28. The van der Waals surface area contributed by atoms with Crippen LogP contribution in [-0.2, 0) is 69.3 Å². The average molecular weight is 1130 g/mol. The third-order valence-corrected chi connectivity index (χ3v) is 17.6. The van der Waals surface area contributed by atoms with Gasteiger partial charge in [-0.3, -0.25) is 33.6 Å². The third kappa shape index (κ3) is 14.3. The van der Waals surface area contributed by atoms with Gasteiger partial charge >= 0.3 is 0 Å². The van der Waals surface area contributed by atoms with Crippen LogP contribution in [0.4, 0.5) is 0 Å². The van der Waals surface area contributed by atoms with Crippen LogP contribution in [0.25, 0.3) is 0 Å². The van der Waals surface area contributed by atoms with Crippen molar-refractivity contribution >= 4 is 41.2 Å². The first-order chi connectivity index (χ1) is 39.4. The van der Waals surface area contributed by atoms with Crippen molar-refractivity contribution in [3.05, 3.63) is 176 Å². The van der Waals surface area contributed by atoms with Crippen molar-refractivity contribution in [2.75, 3.05) is 13.6 Å². The van der Waals surface area contributed by atoms with Gasteiger partial charge in [0, 0.05) is 56.1 Å². The SMILES string of the molecule is CC[C@@H](C)C(=O)N[C@H](C(=O)N1Cc2ccccc2C[C@H]1CN(Cc1cccc(C)c1C)C(=O)c1ccc(C(=O)Cc2ccc3c(c2)CN(C(=O)[C@@H](NC(=O)[C@H](C)NC)C(C)(C)C)[C@H](C(=O)N[C@@H]2CCCc4ccccc42)C3)cc1)C(C)(C)C. The Balaban J connectivity index is 1.05. The smallest absolute Gasteiger partial charge is 0.254 e. The number of hydrogen-bond donors (Lipinski definition) is 4. The van der Waals surface area contributed by atoms with Gasteiger partial charge in [-0.1, -0.05) is 152 Å². The molecule has 0 saturated carbocycles. The van der Waals surface area contributed by atoms with E-state index >= 15 is 9.59 Å². The Morgan fingerprint density at radius 2 is 1.27 bits per heavy atom. The predicted molar refractivity (Wildman–Crippen MR) is 325 cm³/mol. The van der Waals surface area contributed by atoms with Gasteiger partial charge in [-0.05, 0) is 139 Å². The van der Waals surface area contributed by atoms with E-state index in [0.717, 1.165) is 69.3 Å². The molecule has 0 radical (unpaired) electrons. The lowest BCUT2D eigenvalue weighted by molar-refractivity contribution is -0.147. The Morgan fingerprint density at radius 3 is 1.93 bits per heavy atom. The van der Waals surface area contributed by atoms with Gasteiger partial charge in [-0.2, -0.15) is 0 Å². The maximum Gasteiger partial charge on any atom is 0.254 e. The largest absolute Gasteiger partial charge is 0.347 e. The molecule has 83 heavy (non-hydrogen) atoms. The van der Waals surface area contributed by atoms with E-state index in [1.165, 1.54) is 5.56 Å². The highest BCUT2D eigenvalue weighted by molar-refractivity contribution is 6.00. The Morgan fingerprint density at radius 1 is 0.663 bits per heavy atom. The van der Waals surface area contributed by atoms with E-state index in [1.807, 2.05) is 139 Å². The van der Waals surface area contributed by atoms with E-state index in [9.17, 15) is 24.0 Å². The number of Topliss-reactive ketones (excluding diaryl/α,β-unsaturated/α-hetero) is 1. The molecule has 440 valence electrons. The molecule has 8 rings (SSSR count). The number of rotatable bonds is 18. The minimum atomic E-state index is -0.943. The Hall–Kier alpha value is -7.45. The number of likely N-dealkylation sites (N-methyl/N-ethyl adjacent to an activating group) is 1. The van der Waals surface area contributed by atoms with Crippen molar-refractivity contribution in [1.82, 2.24) is 36.0 Å². The van der Waals surface area contributed by atoms with E-state index in [0.29, 0.717) is 30.5 Å². The number of nitrogens with zero attached hydrogens (tertiary/aromatic N) is 3. The molecule has 0 aromatic heterocycles. The second kappa shape index (κ2) is 26.0. The molecule has 5 aromatic rings. The van der Waals surface area contributed by atoms with Crippen LogP contribution in [0.1, 0.15) is 164 Å². The van der Waals surface area contributed by atoms with E-state index in [4.69, 9.17) is 0 Å². The van der Waals surface area contributed by atoms with Gasteiger partial charge in [-0.15, -0.1) is 0 Å². The van der Waals surface area contributed by atoms with Crippen molar-refractivity contribution < 1.29 is 33.6 Å². The summed E-state index contributed by atoms with van der Waals surface area (Å²) in [5.41, 5.74) is 9.52.